The molecular formula is C17H22F17NO3S. The fourth-order valence-corrected chi connectivity index (χ4v) is 3.23. The van der Waals surface area contributed by atoms with Crippen LogP contribution in [-0.2, 0) is 10.1 Å². The van der Waals surface area contributed by atoms with Gasteiger partial charge in [-0.05, 0) is 27.7 Å². The molecule has 0 bridgehead atoms. The van der Waals surface area contributed by atoms with Gasteiger partial charge in [-0.15, -0.1) is 0 Å². The van der Waals surface area contributed by atoms with Gasteiger partial charge in [0.15, 0.2) is 16.8 Å². The Labute approximate surface area is 210 Å². The van der Waals surface area contributed by atoms with Gasteiger partial charge in [0.05, 0.1) is 26.2 Å². The van der Waals surface area contributed by atoms with Crippen LogP contribution in [0.5, 0.6) is 0 Å². The molecule has 0 aromatic rings. The van der Waals surface area contributed by atoms with Crippen molar-refractivity contribution in [1.82, 2.24) is 0 Å². The van der Waals surface area contributed by atoms with Gasteiger partial charge in [0.1, 0.15) is 0 Å². The van der Waals surface area contributed by atoms with E-state index in [-0.39, 0.29) is 0 Å². The third kappa shape index (κ3) is 6.01. The quantitative estimate of drug-likeness (QED) is 0.132. The van der Waals surface area contributed by atoms with Gasteiger partial charge in [0.2, 0.25) is 0 Å². The predicted octanol–water partition coefficient (Wildman–Crippen LogP) is 6.42. The molecule has 0 amide bonds. The number of rotatable bonds is 13. The molecule has 0 atom stereocenters. The molecule has 0 aromatic carbocycles. The zero-order valence-corrected chi connectivity index (χ0v) is 20.9. The molecule has 238 valence electrons. The summed E-state index contributed by atoms with van der Waals surface area (Å²) in [6.45, 7) is 10.2. The number of alkyl halides is 17. The number of hydrogen-bond acceptors (Lipinski definition) is 3. The smallest absolute Gasteiger partial charge is 0.402 e. The van der Waals surface area contributed by atoms with Crippen LogP contribution in [0.2, 0.25) is 0 Å². The van der Waals surface area contributed by atoms with Crippen LogP contribution in [0.25, 0.3) is 0 Å². The van der Waals surface area contributed by atoms with Gasteiger partial charge in [-0.1, -0.05) is 0 Å². The molecule has 0 spiro atoms. The molecule has 0 unspecified atom stereocenters. The third-order valence-corrected chi connectivity index (χ3v) is 6.85. The highest BCUT2D eigenvalue weighted by Gasteiger charge is 2.95. The van der Waals surface area contributed by atoms with Gasteiger partial charge in [-0.25, -0.2) is 12.8 Å². The Morgan fingerprint density at radius 1 is 0.513 bits per heavy atom. The summed E-state index contributed by atoms with van der Waals surface area (Å²) in [5, 5.41) is -7.94. The molecule has 0 aromatic heterocycles. The standard InChI is InChI=1S/C9H3F17O3S.C8H20N/c10-1-2(11,12)3(13,14)4(15,16)5(17,18)6(19,20)7(21,22)8(23,24)9(25,26)30(27,28)29;1-5-9(6-2,7-3)8-4/h1H2,(H,27,28,29);5-8H2,1-4H3/q;+1/p-1. The van der Waals surface area contributed by atoms with Crippen molar-refractivity contribution < 1.29 is 92.1 Å². The van der Waals surface area contributed by atoms with Gasteiger partial charge in [-0.3, -0.25) is 0 Å². The molecule has 0 heterocycles. The summed E-state index contributed by atoms with van der Waals surface area (Å²) in [6.07, 6.45) is 0. The summed E-state index contributed by atoms with van der Waals surface area (Å²) >= 11 is 0. The van der Waals surface area contributed by atoms with E-state index in [0.29, 0.717) is 0 Å². The fourth-order valence-electron chi connectivity index (χ4n) is 2.78. The van der Waals surface area contributed by atoms with Crippen molar-refractivity contribution in [3.05, 3.63) is 0 Å². The van der Waals surface area contributed by atoms with E-state index in [4.69, 9.17) is 0 Å². The van der Waals surface area contributed by atoms with E-state index < -0.39 is 63.5 Å². The Kier molecular flexibility index (Phi) is 11.8. The average Bonchev–Trinajstić information content (AvgIpc) is 2.79. The van der Waals surface area contributed by atoms with Crippen LogP contribution in [0, 0.1) is 0 Å². The first-order valence-corrected chi connectivity index (χ1v) is 11.6. The Morgan fingerprint density at radius 2 is 0.744 bits per heavy atom. The van der Waals surface area contributed by atoms with Crippen LogP contribution in [-0.4, -0.2) is 97.0 Å². The summed E-state index contributed by atoms with van der Waals surface area (Å²) in [7, 11) is -8.14. The molecule has 0 fully saturated rings. The second kappa shape index (κ2) is 11.5. The van der Waals surface area contributed by atoms with Gasteiger partial charge < -0.3 is 9.04 Å². The van der Waals surface area contributed by atoms with Gasteiger partial charge in [0, 0.05) is 0 Å². The predicted molar refractivity (Wildman–Crippen MR) is 97.7 cm³/mol. The Balaban J connectivity index is 0. The number of halogens is 17. The second-order valence-electron chi connectivity index (χ2n) is 7.86. The summed E-state index contributed by atoms with van der Waals surface area (Å²) < 4.78 is 249. The maximum absolute atomic E-state index is 13.1. The zero-order valence-electron chi connectivity index (χ0n) is 20.0. The first kappa shape index (κ1) is 39.8. The van der Waals surface area contributed by atoms with Crippen molar-refractivity contribution in [2.75, 3.05) is 32.9 Å². The Hall–Kier alpha value is -1.32. The summed E-state index contributed by atoms with van der Waals surface area (Å²) in [4.78, 5) is 0. The monoisotopic (exact) mass is 643 g/mol. The van der Waals surface area contributed by atoms with Crippen molar-refractivity contribution in [3.8, 4) is 0 Å². The molecule has 0 radical (unpaired) electrons. The van der Waals surface area contributed by atoms with Crippen LogP contribution in [0.4, 0.5) is 74.6 Å². The van der Waals surface area contributed by atoms with E-state index in [0.717, 1.165) is 0 Å². The third-order valence-electron chi connectivity index (χ3n) is 5.96. The zero-order chi connectivity index (χ0) is 32.5. The van der Waals surface area contributed by atoms with Crippen LogP contribution in [0.1, 0.15) is 27.7 Å². The minimum Gasteiger partial charge on any atom is -0.743 e. The van der Waals surface area contributed by atoms with Crippen molar-refractivity contribution in [2.24, 2.45) is 0 Å². The highest BCUT2D eigenvalue weighted by Crippen LogP contribution is 2.64. The molecule has 4 nitrogen and oxygen atoms in total. The first-order chi connectivity index (χ1) is 16.8. The van der Waals surface area contributed by atoms with Gasteiger partial charge in [0.25, 0.3) is 0 Å². The topological polar surface area (TPSA) is 57.2 Å². The number of nitrogens with zero attached hydrogens (tertiary/aromatic N) is 1. The average molecular weight is 643 g/mol. The lowest BCUT2D eigenvalue weighted by molar-refractivity contribution is -0.921. The van der Waals surface area contributed by atoms with Gasteiger partial charge >= 0.3 is 46.7 Å². The molecule has 39 heavy (non-hydrogen) atoms. The lowest BCUT2D eigenvalue weighted by Gasteiger charge is -2.43. The molecule has 0 saturated heterocycles. The molecule has 0 N–H and O–H groups in total. The SMILES string of the molecule is CC[N+](CC)(CC)CC.O=S(=O)([O-])C(F)(F)C(F)(F)C(F)(F)C(F)(F)C(F)(F)C(F)(F)C(F)(F)C(F)(F)CF. The molecular weight excluding hydrogens is 621 g/mol. The maximum atomic E-state index is 13.1. The van der Waals surface area contributed by atoms with Crippen LogP contribution >= 0.6 is 0 Å². The number of quaternary nitrogens is 1. The highest BCUT2D eigenvalue weighted by atomic mass is 32.2. The van der Waals surface area contributed by atoms with Crippen molar-refractivity contribution in [1.29, 1.82) is 0 Å². The van der Waals surface area contributed by atoms with E-state index in [1.807, 2.05) is 0 Å². The van der Waals surface area contributed by atoms with E-state index in [1.165, 1.54) is 30.7 Å². The summed E-state index contributed by atoms with van der Waals surface area (Å²) in [5.74, 6) is -58.6. The lowest BCUT2D eigenvalue weighted by Crippen LogP contribution is -2.75. The molecule has 0 aliphatic rings. The lowest BCUT2D eigenvalue weighted by atomic mass is 9.89. The largest absolute Gasteiger partial charge is 0.743 e. The summed E-state index contributed by atoms with van der Waals surface area (Å²) in [5.41, 5.74) is 0. The van der Waals surface area contributed by atoms with Crippen molar-refractivity contribution in [2.45, 2.75) is 74.4 Å². The molecule has 0 rings (SSSR count). The minimum absolute atomic E-state index is 1.28. The van der Waals surface area contributed by atoms with E-state index >= 15 is 0 Å². The maximum Gasteiger partial charge on any atom is 0.402 e. The Bertz CT molecular complexity index is 900. The molecule has 0 aliphatic heterocycles. The minimum atomic E-state index is -8.88. The van der Waals surface area contributed by atoms with Crippen LogP contribution in [0.15, 0.2) is 0 Å². The van der Waals surface area contributed by atoms with E-state index in [9.17, 15) is 87.6 Å². The second-order valence-corrected chi connectivity index (χ2v) is 9.28. The highest BCUT2D eigenvalue weighted by molar-refractivity contribution is 7.86. The Morgan fingerprint density at radius 3 is 0.923 bits per heavy atom. The molecule has 0 aliphatic carbocycles. The first-order valence-electron chi connectivity index (χ1n) is 10.2. The van der Waals surface area contributed by atoms with Gasteiger partial charge in [-0.2, -0.15) is 70.2 Å². The van der Waals surface area contributed by atoms with Crippen molar-refractivity contribution >= 4 is 10.1 Å². The van der Waals surface area contributed by atoms with Crippen LogP contribution < -0.4 is 0 Å². The van der Waals surface area contributed by atoms with E-state index in [2.05, 4.69) is 27.7 Å². The fraction of sp³-hybridized carbons (Fsp3) is 1.00. The molecule has 22 heteroatoms. The van der Waals surface area contributed by atoms with E-state index in [1.54, 1.807) is 0 Å². The number of hydrogen-bond donors (Lipinski definition) is 0. The molecule has 0 saturated carbocycles. The normalized spacial score (nSPS) is 15.6. The van der Waals surface area contributed by atoms with Crippen molar-refractivity contribution in [3.63, 3.8) is 0 Å². The van der Waals surface area contributed by atoms with Crippen LogP contribution in [0.3, 0.4) is 0 Å². The summed E-state index contributed by atoms with van der Waals surface area (Å²) in [6, 6.07) is 0.